The third-order valence-corrected chi connectivity index (χ3v) is 3.42. The summed E-state index contributed by atoms with van der Waals surface area (Å²) in [4.78, 5) is 11.6. The second kappa shape index (κ2) is 6.55. The zero-order chi connectivity index (χ0) is 13.7. The summed E-state index contributed by atoms with van der Waals surface area (Å²) in [6, 6.07) is 6.41. The highest BCUT2D eigenvalue weighted by atomic mass is 19.1. The van der Waals surface area contributed by atoms with E-state index in [1.807, 2.05) is 6.92 Å². The Balaban J connectivity index is 1.84. The van der Waals surface area contributed by atoms with E-state index in [0.717, 1.165) is 25.7 Å². The molecule has 3 nitrogen and oxygen atoms in total. The Morgan fingerprint density at radius 1 is 1.26 bits per heavy atom. The highest BCUT2D eigenvalue weighted by molar-refractivity contribution is 5.72. The third kappa shape index (κ3) is 3.69. The van der Waals surface area contributed by atoms with Gasteiger partial charge < -0.3 is 9.47 Å². The van der Waals surface area contributed by atoms with Crippen molar-refractivity contribution in [2.24, 2.45) is 5.92 Å². The second-order valence-corrected chi connectivity index (χ2v) is 4.77. The molecule has 0 aliphatic heterocycles. The molecule has 19 heavy (non-hydrogen) atoms. The van der Waals surface area contributed by atoms with E-state index in [0.29, 0.717) is 12.4 Å². The number of hydrogen-bond acceptors (Lipinski definition) is 3. The molecule has 0 saturated heterocycles. The van der Waals surface area contributed by atoms with Crippen LogP contribution in [0, 0.1) is 11.7 Å². The number of para-hydroxylation sites is 1. The van der Waals surface area contributed by atoms with Crippen LogP contribution in [0.3, 0.4) is 0 Å². The monoisotopic (exact) mass is 266 g/mol. The van der Waals surface area contributed by atoms with Crippen molar-refractivity contribution in [2.75, 3.05) is 6.61 Å². The molecule has 0 N–H and O–H groups in total. The van der Waals surface area contributed by atoms with E-state index in [4.69, 9.17) is 9.47 Å². The van der Waals surface area contributed by atoms with Crippen LogP contribution >= 0.6 is 0 Å². The molecule has 1 aromatic carbocycles. The molecule has 1 aliphatic rings. The van der Waals surface area contributed by atoms with Crippen molar-refractivity contribution in [3.63, 3.8) is 0 Å². The summed E-state index contributed by atoms with van der Waals surface area (Å²) in [5, 5.41) is 0. The minimum absolute atomic E-state index is 0.0115. The van der Waals surface area contributed by atoms with E-state index in [1.165, 1.54) is 6.07 Å². The number of esters is 1. The van der Waals surface area contributed by atoms with Gasteiger partial charge in [-0.15, -0.1) is 0 Å². The first-order valence-electron chi connectivity index (χ1n) is 6.78. The fourth-order valence-electron chi connectivity index (χ4n) is 2.40. The quantitative estimate of drug-likeness (QED) is 0.784. The Hall–Kier alpha value is -1.58. The molecule has 1 aliphatic carbocycles. The summed E-state index contributed by atoms with van der Waals surface area (Å²) >= 11 is 0. The molecule has 104 valence electrons. The SMILES string of the molecule is CCOC(=O)C1CCC(Oc2ccccc2F)CC1. The van der Waals surface area contributed by atoms with Crippen molar-refractivity contribution in [3.05, 3.63) is 30.1 Å². The van der Waals surface area contributed by atoms with Crippen LogP contribution in [0.25, 0.3) is 0 Å². The first-order valence-corrected chi connectivity index (χ1v) is 6.78. The molecular weight excluding hydrogens is 247 g/mol. The van der Waals surface area contributed by atoms with Gasteiger partial charge in [0.15, 0.2) is 11.6 Å². The van der Waals surface area contributed by atoms with Crippen LogP contribution in [0.4, 0.5) is 4.39 Å². The third-order valence-electron chi connectivity index (χ3n) is 3.42. The van der Waals surface area contributed by atoms with E-state index in [-0.39, 0.29) is 23.8 Å². The number of carbonyl (C=O) groups is 1. The Morgan fingerprint density at radius 3 is 2.58 bits per heavy atom. The summed E-state index contributed by atoms with van der Waals surface area (Å²) in [5.41, 5.74) is 0. The minimum Gasteiger partial charge on any atom is -0.487 e. The van der Waals surface area contributed by atoms with E-state index >= 15 is 0 Å². The molecular formula is C15H19FO3. The van der Waals surface area contributed by atoms with Gasteiger partial charge in [-0.05, 0) is 44.7 Å². The summed E-state index contributed by atoms with van der Waals surface area (Å²) in [7, 11) is 0. The fraction of sp³-hybridized carbons (Fsp3) is 0.533. The first kappa shape index (κ1) is 13.8. The van der Waals surface area contributed by atoms with E-state index in [2.05, 4.69) is 0 Å². The van der Waals surface area contributed by atoms with Crippen LogP contribution in [0.2, 0.25) is 0 Å². The zero-order valence-corrected chi connectivity index (χ0v) is 11.1. The average molecular weight is 266 g/mol. The van der Waals surface area contributed by atoms with Crippen LogP contribution in [-0.4, -0.2) is 18.7 Å². The molecule has 0 heterocycles. The topological polar surface area (TPSA) is 35.5 Å². The molecule has 1 saturated carbocycles. The maximum atomic E-state index is 13.5. The lowest BCUT2D eigenvalue weighted by Crippen LogP contribution is -2.29. The van der Waals surface area contributed by atoms with Crippen LogP contribution in [0.15, 0.2) is 24.3 Å². The lowest BCUT2D eigenvalue weighted by Gasteiger charge is -2.27. The van der Waals surface area contributed by atoms with E-state index in [9.17, 15) is 9.18 Å². The molecule has 0 aromatic heterocycles. The maximum absolute atomic E-state index is 13.5. The van der Waals surface area contributed by atoms with Crippen LogP contribution in [0.1, 0.15) is 32.6 Å². The van der Waals surface area contributed by atoms with Gasteiger partial charge in [-0.25, -0.2) is 4.39 Å². The molecule has 0 bridgehead atoms. The Labute approximate surface area is 112 Å². The van der Waals surface area contributed by atoms with Gasteiger partial charge in [0.05, 0.1) is 18.6 Å². The summed E-state index contributed by atoms with van der Waals surface area (Å²) in [6.07, 6.45) is 3.01. The number of rotatable bonds is 4. The number of benzene rings is 1. The number of ether oxygens (including phenoxy) is 2. The number of hydrogen-bond donors (Lipinski definition) is 0. The van der Waals surface area contributed by atoms with Crippen molar-refractivity contribution in [2.45, 2.75) is 38.7 Å². The maximum Gasteiger partial charge on any atom is 0.308 e. The molecule has 1 fully saturated rings. The van der Waals surface area contributed by atoms with E-state index < -0.39 is 0 Å². The fourth-order valence-corrected chi connectivity index (χ4v) is 2.40. The molecule has 0 radical (unpaired) electrons. The molecule has 0 amide bonds. The van der Waals surface area contributed by atoms with Crippen LogP contribution < -0.4 is 4.74 Å². The van der Waals surface area contributed by atoms with Crippen molar-refractivity contribution in [1.82, 2.24) is 0 Å². The molecule has 2 rings (SSSR count). The Morgan fingerprint density at radius 2 is 1.95 bits per heavy atom. The zero-order valence-electron chi connectivity index (χ0n) is 11.1. The van der Waals surface area contributed by atoms with Gasteiger partial charge in [0.2, 0.25) is 0 Å². The number of halogens is 1. The summed E-state index contributed by atoms with van der Waals surface area (Å²) in [5.74, 6) is -0.190. The first-order chi connectivity index (χ1) is 9.20. The van der Waals surface area contributed by atoms with Gasteiger partial charge in [0.25, 0.3) is 0 Å². The van der Waals surface area contributed by atoms with Gasteiger partial charge >= 0.3 is 5.97 Å². The predicted octanol–water partition coefficient (Wildman–Crippen LogP) is 3.33. The molecule has 0 atom stereocenters. The van der Waals surface area contributed by atoms with Gasteiger partial charge in [-0.2, -0.15) is 0 Å². The highest BCUT2D eigenvalue weighted by Gasteiger charge is 2.28. The predicted molar refractivity (Wildman–Crippen MR) is 69.4 cm³/mol. The van der Waals surface area contributed by atoms with Gasteiger partial charge in [0.1, 0.15) is 0 Å². The smallest absolute Gasteiger partial charge is 0.308 e. The second-order valence-electron chi connectivity index (χ2n) is 4.77. The molecule has 4 heteroatoms. The number of carbonyl (C=O) groups excluding carboxylic acids is 1. The highest BCUT2D eigenvalue weighted by Crippen LogP contribution is 2.29. The van der Waals surface area contributed by atoms with Crippen LogP contribution in [0.5, 0.6) is 5.75 Å². The minimum atomic E-state index is -0.338. The van der Waals surface area contributed by atoms with Crippen molar-refractivity contribution in [3.8, 4) is 5.75 Å². The lowest BCUT2D eigenvalue weighted by molar-refractivity contribution is -0.149. The Kier molecular flexibility index (Phi) is 4.77. The van der Waals surface area contributed by atoms with Gasteiger partial charge in [-0.3, -0.25) is 4.79 Å². The lowest BCUT2D eigenvalue weighted by atomic mass is 9.87. The molecule has 0 spiro atoms. The van der Waals surface area contributed by atoms with Crippen LogP contribution in [-0.2, 0) is 9.53 Å². The van der Waals surface area contributed by atoms with Gasteiger partial charge in [0, 0.05) is 0 Å². The standard InChI is InChI=1S/C15H19FO3/c1-2-18-15(17)11-7-9-12(10-8-11)19-14-6-4-3-5-13(14)16/h3-6,11-12H,2,7-10H2,1H3. The average Bonchev–Trinajstić information content (AvgIpc) is 2.42. The van der Waals surface area contributed by atoms with E-state index in [1.54, 1.807) is 18.2 Å². The summed E-state index contributed by atoms with van der Waals surface area (Å²) in [6.45, 7) is 2.23. The van der Waals surface area contributed by atoms with Crippen molar-refractivity contribution in [1.29, 1.82) is 0 Å². The van der Waals surface area contributed by atoms with Crippen molar-refractivity contribution < 1.29 is 18.7 Å². The van der Waals surface area contributed by atoms with Gasteiger partial charge in [-0.1, -0.05) is 12.1 Å². The van der Waals surface area contributed by atoms with Crippen molar-refractivity contribution >= 4 is 5.97 Å². The normalized spacial score (nSPS) is 22.8. The molecule has 1 aromatic rings. The molecule has 0 unspecified atom stereocenters. The largest absolute Gasteiger partial charge is 0.487 e. The Bertz CT molecular complexity index is 425. The summed E-state index contributed by atoms with van der Waals surface area (Å²) < 4.78 is 24.1.